The van der Waals surface area contributed by atoms with Gasteiger partial charge in [-0.25, -0.2) is 9.79 Å². The molecule has 0 aliphatic carbocycles. The second-order valence-electron chi connectivity index (χ2n) is 5.07. The average Bonchev–Trinajstić information content (AvgIpc) is 2.57. The molecule has 0 aromatic carbocycles. The Hall–Kier alpha value is -2.45. The molecule has 1 aromatic rings. The monoisotopic (exact) mass is 379 g/mol. The van der Waals surface area contributed by atoms with Crippen molar-refractivity contribution in [2.24, 2.45) is 10.7 Å². The van der Waals surface area contributed by atoms with Crippen LogP contribution in [0.4, 0.5) is 0 Å². The van der Waals surface area contributed by atoms with Gasteiger partial charge in [0.1, 0.15) is 5.17 Å². The van der Waals surface area contributed by atoms with Gasteiger partial charge in [-0.15, -0.1) is 0 Å². The van der Waals surface area contributed by atoms with Crippen molar-refractivity contribution in [1.82, 2.24) is 15.8 Å². The molecular formula is C16H18ClN5O2S. The highest BCUT2D eigenvalue weighted by molar-refractivity contribution is 7.80. The molecule has 9 heteroatoms. The van der Waals surface area contributed by atoms with E-state index < -0.39 is 11.9 Å². The average molecular weight is 380 g/mol. The van der Waals surface area contributed by atoms with Crippen LogP contribution in [0, 0.1) is 0 Å². The lowest BCUT2D eigenvalue weighted by Crippen LogP contribution is -2.38. The number of thiocarbonyl (C=S) groups is 1. The first-order valence-electron chi connectivity index (χ1n) is 7.49. The predicted octanol–water partition coefficient (Wildman–Crippen LogP) is 1.87. The van der Waals surface area contributed by atoms with E-state index in [9.17, 15) is 4.79 Å². The van der Waals surface area contributed by atoms with Gasteiger partial charge in [0.15, 0.2) is 5.11 Å². The number of pyridine rings is 1. The molecule has 0 saturated carbocycles. The normalized spacial score (nSPS) is 18.6. The zero-order chi connectivity index (χ0) is 18.4. The molecule has 1 unspecified atom stereocenters. The number of hydrogen-bond donors (Lipinski definition) is 3. The smallest absolute Gasteiger partial charge is 0.336 e. The lowest BCUT2D eigenvalue weighted by molar-refractivity contribution is -0.138. The first-order valence-corrected chi connectivity index (χ1v) is 8.27. The van der Waals surface area contributed by atoms with Crippen LogP contribution in [0.5, 0.6) is 0 Å². The van der Waals surface area contributed by atoms with Gasteiger partial charge in [-0.05, 0) is 37.7 Å². The molecule has 0 saturated heterocycles. The van der Waals surface area contributed by atoms with Gasteiger partial charge in [0.05, 0.1) is 17.9 Å². The van der Waals surface area contributed by atoms with E-state index in [2.05, 4.69) is 20.8 Å². The number of aromatic nitrogens is 1. The number of nitrogens with zero attached hydrogens (tertiary/aromatic N) is 2. The van der Waals surface area contributed by atoms with E-state index >= 15 is 0 Å². The van der Waals surface area contributed by atoms with Crippen molar-refractivity contribution in [1.29, 1.82) is 0 Å². The molecule has 1 aliphatic rings. The summed E-state index contributed by atoms with van der Waals surface area (Å²) in [6, 6.07) is 3.64. The van der Waals surface area contributed by atoms with Crippen molar-refractivity contribution in [3.8, 4) is 0 Å². The molecule has 2 rings (SSSR count). The zero-order valence-electron chi connectivity index (χ0n) is 13.7. The highest BCUT2D eigenvalue weighted by Crippen LogP contribution is 2.39. The number of nitrogens with one attached hydrogen (secondary N) is 2. The summed E-state index contributed by atoms with van der Waals surface area (Å²) in [5, 5.41) is 0.313. The van der Waals surface area contributed by atoms with Crippen LogP contribution in [0.25, 0.3) is 0 Å². The molecule has 7 nitrogen and oxygen atoms in total. The number of carbonyl (C=O) groups is 1. The lowest BCUT2D eigenvalue weighted by Gasteiger charge is -2.26. The molecule has 0 radical (unpaired) electrons. The topological polar surface area (TPSA) is 102 Å². The molecule has 0 fully saturated rings. The number of rotatable bonds is 5. The molecule has 1 aromatic heterocycles. The minimum atomic E-state index is -0.488. The van der Waals surface area contributed by atoms with Gasteiger partial charge in [0.2, 0.25) is 0 Å². The number of halogens is 1. The van der Waals surface area contributed by atoms with Gasteiger partial charge >= 0.3 is 5.97 Å². The summed E-state index contributed by atoms with van der Waals surface area (Å²) in [6.07, 6.45) is 4.88. The molecule has 1 aliphatic heterocycles. The highest BCUT2D eigenvalue weighted by atomic mass is 35.5. The Bertz CT molecular complexity index is 761. The highest BCUT2D eigenvalue weighted by Gasteiger charge is 2.34. The van der Waals surface area contributed by atoms with E-state index in [1.807, 2.05) is 6.07 Å². The van der Waals surface area contributed by atoms with Crippen molar-refractivity contribution in [2.45, 2.75) is 19.8 Å². The Morgan fingerprint density at radius 2 is 2.32 bits per heavy atom. The Balaban J connectivity index is 2.53. The largest absolute Gasteiger partial charge is 0.463 e. The van der Waals surface area contributed by atoms with Gasteiger partial charge in [-0.2, -0.15) is 0 Å². The SMILES string of the molecule is CCOC(=O)C1=C(C)N=C(Cl)/C(=C/NNC(N)=S)C1c1cccnc1. The van der Waals surface area contributed by atoms with E-state index in [0.29, 0.717) is 16.8 Å². The number of aliphatic imine (C=N–C) groups is 1. The second kappa shape index (κ2) is 8.59. The third kappa shape index (κ3) is 4.55. The Kier molecular flexibility index (Phi) is 6.49. The fourth-order valence-corrected chi connectivity index (χ4v) is 2.80. The van der Waals surface area contributed by atoms with Gasteiger partial charge in [0.25, 0.3) is 0 Å². The third-order valence-electron chi connectivity index (χ3n) is 3.43. The van der Waals surface area contributed by atoms with Crippen molar-refractivity contribution in [3.63, 3.8) is 0 Å². The molecule has 4 N–H and O–H groups in total. The van der Waals surface area contributed by atoms with E-state index in [-0.39, 0.29) is 16.9 Å². The minimum Gasteiger partial charge on any atom is -0.463 e. The van der Waals surface area contributed by atoms with Crippen LogP contribution in [-0.2, 0) is 9.53 Å². The van der Waals surface area contributed by atoms with E-state index in [1.165, 1.54) is 0 Å². The lowest BCUT2D eigenvalue weighted by atomic mass is 9.83. The number of carbonyl (C=O) groups excluding carboxylic acids is 1. The summed E-state index contributed by atoms with van der Waals surface area (Å²) in [5.41, 5.74) is 13.0. The molecule has 25 heavy (non-hydrogen) atoms. The summed E-state index contributed by atoms with van der Waals surface area (Å²) < 4.78 is 5.20. The Morgan fingerprint density at radius 3 is 2.92 bits per heavy atom. The number of allylic oxidation sites excluding steroid dienone is 2. The summed E-state index contributed by atoms with van der Waals surface area (Å²) in [5.74, 6) is -0.937. The number of ether oxygens (including phenoxy) is 1. The minimum absolute atomic E-state index is 0.0657. The molecule has 0 spiro atoms. The van der Waals surface area contributed by atoms with Crippen molar-refractivity contribution < 1.29 is 9.53 Å². The van der Waals surface area contributed by atoms with Gasteiger partial charge in [-0.1, -0.05) is 17.7 Å². The van der Waals surface area contributed by atoms with Gasteiger partial charge in [-0.3, -0.25) is 10.4 Å². The number of hydrazine groups is 1. The van der Waals surface area contributed by atoms with Crippen molar-refractivity contribution in [3.05, 3.63) is 53.1 Å². The third-order valence-corrected chi connectivity index (χ3v) is 3.83. The van der Waals surface area contributed by atoms with Crippen molar-refractivity contribution in [2.75, 3.05) is 6.61 Å². The number of hydrogen-bond acceptors (Lipinski definition) is 6. The Labute approximate surface area is 156 Å². The first-order chi connectivity index (χ1) is 12.0. The predicted molar refractivity (Wildman–Crippen MR) is 101 cm³/mol. The fourth-order valence-electron chi connectivity index (χ4n) is 2.45. The summed E-state index contributed by atoms with van der Waals surface area (Å²) >= 11 is 11.1. The van der Waals surface area contributed by atoms with Crippen LogP contribution in [0.2, 0.25) is 0 Å². The second-order valence-corrected chi connectivity index (χ2v) is 5.87. The Morgan fingerprint density at radius 1 is 1.56 bits per heavy atom. The quantitative estimate of drug-likeness (QED) is 0.408. The maximum absolute atomic E-state index is 12.5. The van der Waals surface area contributed by atoms with Crippen LogP contribution < -0.4 is 16.6 Å². The van der Waals surface area contributed by atoms with E-state index in [0.717, 1.165) is 5.56 Å². The number of esters is 1. The van der Waals surface area contributed by atoms with E-state index in [4.69, 9.17) is 34.3 Å². The summed E-state index contributed by atoms with van der Waals surface area (Å²) in [6.45, 7) is 3.72. The maximum Gasteiger partial charge on any atom is 0.336 e. The standard InChI is InChI=1S/C16H18ClN5O2S/c1-3-24-15(23)12-9(2)21-14(17)11(8-20-22-16(18)25)13(12)10-5-4-6-19-7-10/h4-8,13,20H,3H2,1-2H3,(H3,18,22,25)/b11-8+. The molecule has 1 atom stereocenters. The summed E-state index contributed by atoms with van der Waals surface area (Å²) in [4.78, 5) is 20.9. The zero-order valence-corrected chi connectivity index (χ0v) is 15.3. The molecule has 0 amide bonds. The van der Waals surface area contributed by atoms with Gasteiger partial charge in [0, 0.05) is 30.1 Å². The molecule has 132 valence electrons. The van der Waals surface area contributed by atoms with Crippen molar-refractivity contribution >= 4 is 40.1 Å². The summed E-state index contributed by atoms with van der Waals surface area (Å²) in [7, 11) is 0. The van der Waals surface area contributed by atoms with Crippen LogP contribution in [-0.4, -0.2) is 27.8 Å². The van der Waals surface area contributed by atoms with Crippen LogP contribution in [0.1, 0.15) is 25.3 Å². The van der Waals surface area contributed by atoms with Gasteiger partial charge < -0.3 is 15.9 Å². The van der Waals surface area contributed by atoms with E-state index in [1.54, 1.807) is 38.5 Å². The molecular weight excluding hydrogens is 362 g/mol. The molecule has 2 heterocycles. The van der Waals surface area contributed by atoms with Crippen LogP contribution in [0.3, 0.4) is 0 Å². The van der Waals surface area contributed by atoms with Crippen LogP contribution >= 0.6 is 23.8 Å². The number of nitrogens with two attached hydrogens (primary N) is 1. The molecule has 0 bridgehead atoms. The fraction of sp³-hybridized carbons (Fsp3) is 0.250. The van der Waals surface area contributed by atoms with Crippen LogP contribution in [0.15, 0.2) is 52.6 Å². The first kappa shape index (κ1) is 18.9. The maximum atomic E-state index is 12.5.